The molecule has 2 aliphatic carbocycles. The van der Waals surface area contributed by atoms with Gasteiger partial charge in [-0.3, -0.25) is 4.79 Å². The van der Waals surface area contributed by atoms with Crippen LogP contribution in [0.5, 0.6) is 5.88 Å². The number of hydrogen-bond acceptors (Lipinski definition) is 8. The fourth-order valence-corrected chi connectivity index (χ4v) is 6.20. The molecule has 0 aromatic carbocycles. The number of Topliss-reactive ketones (excluding diaryl/α,β-unsaturated/α-hetero) is 1. The van der Waals surface area contributed by atoms with E-state index in [1.54, 1.807) is 11.0 Å². The zero-order chi connectivity index (χ0) is 26.4. The van der Waals surface area contributed by atoms with Gasteiger partial charge in [-0.25, -0.2) is 9.78 Å². The van der Waals surface area contributed by atoms with Crippen LogP contribution in [0.4, 0.5) is 4.79 Å². The Bertz CT molecular complexity index is 1190. The molecule has 9 nitrogen and oxygen atoms in total. The summed E-state index contributed by atoms with van der Waals surface area (Å²) >= 11 is 6.38. The molecular weight excluding hydrogens is 496 g/mol. The van der Waals surface area contributed by atoms with Gasteiger partial charge in [0, 0.05) is 24.6 Å². The number of fused-ring (bicyclic) bond motifs is 2. The number of hydrogen-bond donors (Lipinski definition) is 0. The molecule has 10 heteroatoms. The van der Waals surface area contributed by atoms with Crippen molar-refractivity contribution in [3.8, 4) is 17.4 Å². The minimum atomic E-state index is -0.572. The van der Waals surface area contributed by atoms with Crippen LogP contribution in [0.15, 0.2) is 10.6 Å². The molecule has 1 saturated carbocycles. The molecule has 2 aromatic rings. The molecule has 5 rings (SSSR count). The number of ether oxygens (including phenoxy) is 2. The summed E-state index contributed by atoms with van der Waals surface area (Å²) in [4.78, 5) is 36.5. The van der Waals surface area contributed by atoms with Gasteiger partial charge in [-0.1, -0.05) is 23.2 Å². The molecule has 3 heterocycles. The van der Waals surface area contributed by atoms with Gasteiger partial charge in [0.1, 0.15) is 22.6 Å². The Balaban J connectivity index is 1.38. The molecule has 3 aliphatic rings. The predicted octanol–water partition coefficient (Wildman–Crippen LogP) is 5.67. The Morgan fingerprint density at radius 2 is 1.97 bits per heavy atom. The van der Waals surface area contributed by atoms with Gasteiger partial charge in [0.15, 0.2) is 17.3 Å². The third-order valence-corrected chi connectivity index (χ3v) is 7.90. The smallest absolute Gasteiger partial charge is 0.410 e. The maximum atomic E-state index is 13.0. The predicted molar refractivity (Wildman–Crippen MR) is 137 cm³/mol. The van der Waals surface area contributed by atoms with Crippen LogP contribution in [0, 0.1) is 0 Å². The van der Waals surface area contributed by atoms with Crippen LogP contribution >= 0.6 is 11.6 Å². The lowest BCUT2D eigenvalue weighted by atomic mass is 9.64. The van der Waals surface area contributed by atoms with E-state index in [4.69, 9.17) is 25.6 Å². The van der Waals surface area contributed by atoms with E-state index in [0.29, 0.717) is 36.1 Å². The van der Waals surface area contributed by atoms with Crippen LogP contribution in [0.3, 0.4) is 0 Å². The maximum absolute atomic E-state index is 13.0. The number of amides is 1. The SMILES string of the molecule is C[C@H](Oc1cc(Cl)nc(-c2noc3c2CCC[C@@]32CCCCC2=O)n1)[C@@H]1CCCN1C(=O)OC(C)(C)C. The van der Waals surface area contributed by atoms with Crippen molar-refractivity contribution in [1.29, 1.82) is 0 Å². The standard InChI is InChI=1S/C27H35ClN4O5/c1-16(18-10-8-14-32(18)25(34)36-26(2,3)4)35-21-15-20(28)29-24(30-21)22-17-9-7-13-27(23(17)37-31-22)12-6-5-11-19(27)33/h15-16,18H,5-14H2,1-4H3/t16-,18-,27+/m0/s1. The molecule has 1 spiro atoms. The molecule has 2 aromatic heterocycles. The van der Waals surface area contributed by atoms with Crippen molar-refractivity contribution < 1.29 is 23.6 Å². The van der Waals surface area contributed by atoms with Gasteiger partial charge in [-0.15, -0.1) is 0 Å². The fourth-order valence-electron chi connectivity index (χ4n) is 6.03. The lowest BCUT2D eigenvalue weighted by molar-refractivity contribution is -0.128. The van der Waals surface area contributed by atoms with Crippen molar-refractivity contribution in [1.82, 2.24) is 20.0 Å². The summed E-state index contributed by atoms with van der Waals surface area (Å²) in [6.07, 6.45) is 6.74. The van der Waals surface area contributed by atoms with Crippen molar-refractivity contribution >= 4 is 23.5 Å². The summed E-state index contributed by atoms with van der Waals surface area (Å²) in [7, 11) is 0. The van der Waals surface area contributed by atoms with E-state index in [2.05, 4.69) is 15.1 Å². The largest absolute Gasteiger partial charge is 0.472 e. The van der Waals surface area contributed by atoms with E-state index in [1.807, 2.05) is 27.7 Å². The number of likely N-dealkylation sites (tertiary alicyclic amines) is 1. The minimum Gasteiger partial charge on any atom is -0.472 e. The number of carbonyl (C=O) groups is 2. The topological polar surface area (TPSA) is 108 Å². The summed E-state index contributed by atoms with van der Waals surface area (Å²) in [5.74, 6) is 1.54. The molecule has 37 heavy (non-hydrogen) atoms. The Morgan fingerprint density at radius 1 is 1.19 bits per heavy atom. The van der Waals surface area contributed by atoms with Crippen LogP contribution in [0.25, 0.3) is 11.5 Å². The third-order valence-electron chi connectivity index (χ3n) is 7.70. The zero-order valence-corrected chi connectivity index (χ0v) is 22.8. The van der Waals surface area contributed by atoms with Gasteiger partial charge in [-0.05, 0) is 72.6 Å². The number of ketones is 1. The summed E-state index contributed by atoms with van der Waals surface area (Å²) in [6, 6.07) is 1.41. The summed E-state index contributed by atoms with van der Waals surface area (Å²) in [6.45, 7) is 8.10. The first-order valence-corrected chi connectivity index (χ1v) is 13.7. The summed E-state index contributed by atoms with van der Waals surface area (Å²) in [5, 5.41) is 4.55. The highest BCUT2D eigenvalue weighted by atomic mass is 35.5. The second kappa shape index (κ2) is 9.89. The first-order chi connectivity index (χ1) is 17.6. The lowest BCUT2D eigenvalue weighted by Gasteiger charge is -2.36. The average Bonchev–Trinajstić information content (AvgIpc) is 3.48. The van der Waals surface area contributed by atoms with Crippen LogP contribution in [-0.4, -0.2) is 56.2 Å². The van der Waals surface area contributed by atoms with Crippen LogP contribution < -0.4 is 4.74 Å². The molecule has 0 unspecified atom stereocenters. The van der Waals surface area contributed by atoms with Crippen LogP contribution in [0.2, 0.25) is 5.15 Å². The van der Waals surface area contributed by atoms with Gasteiger partial charge in [0.05, 0.1) is 11.5 Å². The molecule has 0 bridgehead atoms. The van der Waals surface area contributed by atoms with E-state index in [0.717, 1.165) is 56.9 Å². The van der Waals surface area contributed by atoms with E-state index >= 15 is 0 Å². The molecule has 0 radical (unpaired) electrons. The summed E-state index contributed by atoms with van der Waals surface area (Å²) < 4.78 is 17.6. The van der Waals surface area contributed by atoms with Crippen molar-refractivity contribution in [2.24, 2.45) is 0 Å². The highest BCUT2D eigenvalue weighted by molar-refractivity contribution is 6.29. The van der Waals surface area contributed by atoms with Gasteiger partial charge >= 0.3 is 6.09 Å². The van der Waals surface area contributed by atoms with Gasteiger partial charge < -0.3 is 18.9 Å². The Kier molecular flexibility index (Phi) is 6.94. The molecule has 200 valence electrons. The van der Waals surface area contributed by atoms with Gasteiger partial charge in [0.2, 0.25) is 5.88 Å². The number of carbonyl (C=O) groups excluding carboxylic acids is 2. The van der Waals surface area contributed by atoms with Gasteiger partial charge in [0.25, 0.3) is 0 Å². The first-order valence-electron chi connectivity index (χ1n) is 13.3. The number of nitrogens with zero attached hydrogens (tertiary/aromatic N) is 4. The van der Waals surface area contributed by atoms with E-state index < -0.39 is 11.0 Å². The molecule has 1 saturated heterocycles. The van der Waals surface area contributed by atoms with Crippen molar-refractivity contribution in [2.75, 3.05) is 6.54 Å². The van der Waals surface area contributed by atoms with Gasteiger partial charge in [-0.2, -0.15) is 4.98 Å². The Labute approximate surface area is 222 Å². The molecule has 1 amide bonds. The molecule has 3 atom stereocenters. The van der Waals surface area contributed by atoms with Crippen LogP contribution in [-0.2, 0) is 21.4 Å². The molecule has 2 fully saturated rings. The highest BCUT2D eigenvalue weighted by Gasteiger charge is 2.48. The van der Waals surface area contributed by atoms with Crippen molar-refractivity contribution in [2.45, 2.75) is 109 Å². The lowest BCUT2D eigenvalue weighted by Crippen LogP contribution is -2.46. The van der Waals surface area contributed by atoms with Crippen molar-refractivity contribution in [3.05, 3.63) is 22.5 Å². The van der Waals surface area contributed by atoms with Crippen molar-refractivity contribution in [3.63, 3.8) is 0 Å². The minimum absolute atomic E-state index is 0.149. The zero-order valence-electron chi connectivity index (χ0n) is 22.0. The third kappa shape index (κ3) is 5.07. The van der Waals surface area contributed by atoms with E-state index in [-0.39, 0.29) is 29.2 Å². The second-order valence-electron chi connectivity index (χ2n) is 11.5. The molecule has 1 aliphatic heterocycles. The van der Waals surface area contributed by atoms with E-state index in [1.165, 1.54) is 0 Å². The molecule has 0 N–H and O–H groups in total. The number of aromatic nitrogens is 3. The van der Waals surface area contributed by atoms with E-state index in [9.17, 15) is 9.59 Å². The Morgan fingerprint density at radius 3 is 2.73 bits per heavy atom. The second-order valence-corrected chi connectivity index (χ2v) is 11.9. The maximum Gasteiger partial charge on any atom is 0.410 e. The number of rotatable bonds is 4. The normalized spacial score (nSPS) is 24.7. The van der Waals surface area contributed by atoms with Crippen LogP contribution in [0.1, 0.15) is 90.4 Å². The quantitative estimate of drug-likeness (QED) is 0.465. The number of halogens is 1. The summed E-state index contributed by atoms with van der Waals surface area (Å²) in [5.41, 5.74) is 0.274. The Hall–Kier alpha value is -2.68. The first kappa shape index (κ1) is 25.9. The average molecular weight is 531 g/mol. The fraction of sp³-hybridized carbons (Fsp3) is 0.667. The molecular formula is C27H35ClN4O5. The highest BCUT2D eigenvalue weighted by Crippen LogP contribution is 2.47. The monoisotopic (exact) mass is 530 g/mol.